The number of piperazine rings is 1. The van der Waals surface area contributed by atoms with Gasteiger partial charge >= 0.3 is 0 Å². The summed E-state index contributed by atoms with van der Waals surface area (Å²) in [5.74, 6) is 0.251. The SMILES string of the molecule is CC(=O)N1CCN(C(=O)c2ccc(Nc3nccc(-c4ccc(NS(=O)(=O)c5ccc([N+](=O)[O-])cc5)cc4)n3)cc2)CC1. The molecule has 0 bridgehead atoms. The maximum Gasteiger partial charge on any atom is 0.269 e. The zero-order valence-electron chi connectivity index (χ0n) is 23.0. The van der Waals surface area contributed by atoms with Crippen LogP contribution in [0.4, 0.5) is 23.0 Å². The summed E-state index contributed by atoms with van der Waals surface area (Å²) >= 11 is 0. The van der Waals surface area contributed by atoms with Crippen molar-refractivity contribution in [2.24, 2.45) is 0 Å². The average molecular weight is 602 g/mol. The Labute approximate surface area is 247 Å². The van der Waals surface area contributed by atoms with Crippen LogP contribution in [0.5, 0.6) is 0 Å². The van der Waals surface area contributed by atoms with E-state index in [0.29, 0.717) is 54.8 Å². The molecule has 0 saturated carbocycles. The van der Waals surface area contributed by atoms with Crippen LogP contribution in [-0.2, 0) is 14.8 Å². The summed E-state index contributed by atoms with van der Waals surface area (Å²) in [6.45, 7) is 3.56. The van der Waals surface area contributed by atoms with E-state index < -0.39 is 14.9 Å². The molecular weight excluding hydrogens is 574 g/mol. The Morgan fingerprint density at radius 1 is 0.837 bits per heavy atom. The number of anilines is 3. The maximum atomic E-state index is 12.9. The van der Waals surface area contributed by atoms with E-state index in [9.17, 15) is 28.1 Å². The van der Waals surface area contributed by atoms with Gasteiger partial charge in [-0.3, -0.25) is 24.4 Å². The lowest BCUT2D eigenvalue weighted by atomic mass is 10.1. The zero-order valence-corrected chi connectivity index (χ0v) is 23.8. The van der Waals surface area contributed by atoms with Gasteiger partial charge in [-0.05, 0) is 54.6 Å². The third-order valence-corrected chi connectivity index (χ3v) is 8.24. The number of non-ortho nitro benzene ring substituents is 1. The van der Waals surface area contributed by atoms with Gasteiger partial charge in [0.2, 0.25) is 11.9 Å². The summed E-state index contributed by atoms with van der Waals surface area (Å²) in [7, 11) is -3.94. The van der Waals surface area contributed by atoms with Gasteiger partial charge in [-0.1, -0.05) is 12.1 Å². The van der Waals surface area contributed by atoms with E-state index in [0.717, 1.165) is 17.7 Å². The minimum atomic E-state index is -3.94. The van der Waals surface area contributed by atoms with Crippen LogP contribution in [0.3, 0.4) is 0 Å². The van der Waals surface area contributed by atoms with Crippen molar-refractivity contribution in [1.29, 1.82) is 0 Å². The van der Waals surface area contributed by atoms with Gasteiger partial charge in [0.25, 0.3) is 21.6 Å². The second kappa shape index (κ2) is 12.2. The molecule has 1 aliphatic heterocycles. The molecule has 4 aromatic rings. The number of benzene rings is 3. The molecule has 2 amide bonds. The Morgan fingerprint density at radius 2 is 1.44 bits per heavy atom. The van der Waals surface area contributed by atoms with E-state index in [4.69, 9.17) is 0 Å². The van der Waals surface area contributed by atoms with Gasteiger partial charge in [0.1, 0.15) is 0 Å². The summed E-state index contributed by atoms with van der Waals surface area (Å²) in [4.78, 5) is 46.8. The quantitative estimate of drug-likeness (QED) is 0.225. The fraction of sp³-hybridized carbons (Fsp3) is 0.172. The molecular formula is C29H27N7O6S. The van der Waals surface area contributed by atoms with Crippen molar-refractivity contribution in [3.8, 4) is 11.3 Å². The molecule has 1 saturated heterocycles. The Bertz CT molecular complexity index is 1750. The Morgan fingerprint density at radius 3 is 2.05 bits per heavy atom. The van der Waals surface area contributed by atoms with Crippen LogP contribution in [0.15, 0.2) is 90.0 Å². The number of rotatable bonds is 8. The molecule has 0 unspecified atom stereocenters. The first-order valence-electron chi connectivity index (χ1n) is 13.2. The fourth-order valence-electron chi connectivity index (χ4n) is 4.48. The molecule has 0 atom stereocenters. The van der Waals surface area contributed by atoms with E-state index in [1.807, 2.05) is 0 Å². The number of nitro groups is 1. The fourth-order valence-corrected chi connectivity index (χ4v) is 5.54. The molecule has 1 aliphatic rings. The lowest BCUT2D eigenvalue weighted by molar-refractivity contribution is -0.384. The van der Waals surface area contributed by atoms with Gasteiger partial charge in [-0.2, -0.15) is 0 Å². The number of nitro benzene ring substituents is 1. The summed E-state index contributed by atoms with van der Waals surface area (Å²) < 4.78 is 27.8. The zero-order chi connectivity index (χ0) is 30.6. The number of carbonyl (C=O) groups is 2. The van der Waals surface area contributed by atoms with Crippen LogP contribution >= 0.6 is 0 Å². The summed E-state index contributed by atoms with van der Waals surface area (Å²) in [5, 5.41) is 14.0. The van der Waals surface area contributed by atoms with Crippen LogP contribution < -0.4 is 10.0 Å². The number of sulfonamides is 1. The smallest absolute Gasteiger partial charge is 0.269 e. The van der Waals surface area contributed by atoms with Gasteiger partial charge in [0.05, 0.1) is 15.5 Å². The number of amides is 2. The molecule has 2 N–H and O–H groups in total. The number of nitrogens with one attached hydrogen (secondary N) is 2. The second-order valence-electron chi connectivity index (χ2n) is 9.70. The van der Waals surface area contributed by atoms with Gasteiger partial charge < -0.3 is 15.1 Å². The van der Waals surface area contributed by atoms with Crippen LogP contribution in [0, 0.1) is 10.1 Å². The number of hydrogen-bond acceptors (Lipinski definition) is 9. The Hall–Kier alpha value is -5.37. The van der Waals surface area contributed by atoms with Gasteiger partial charge in [-0.25, -0.2) is 18.4 Å². The highest BCUT2D eigenvalue weighted by atomic mass is 32.2. The van der Waals surface area contributed by atoms with E-state index in [1.165, 1.54) is 19.1 Å². The third-order valence-electron chi connectivity index (χ3n) is 6.85. The normalized spacial score (nSPS) is 13.3. The largest absolute Gasteiger partial charge is 0.339 e. The highest BCUT2D eigenvalue weighted by Gasteiger charge is 2.23. The standard InChI is InChI=1S/C29H27N7O6S/c1-20(37)34-16-18-35(19-17-34)28(38)22-4-6-23(7-5-22)31-29-30-15-14-27(32-29)21-2-8-24(9-3-21)33-43(41,42)26-12-10-25(11-13-26)36(39)40/h2-15,33H,16-19H2,1H3,(H,30,31,32). The molecule has 1 aromatic heterocycles. The maximum absolute atomic E-state index is 12.9. The molecule has 13 nitrogen and oxygen atoms in total. The van der Waals surface area contributed by atoms with E-state index >= 15 is 0 Å². The monoisotopic (exact) mass is 601 g/mol. The number of carbonyl (C=O) groups excluding carboxylic acids is 2. The van der Waals surface area contributed by atoms with Crippen LogP contribution in [-0.4, -0.2) is 71.1 Å². The van der Waals surface area contributed by atoms with Crippen LogP contribution in [0.25, 0.3) is 11.3 Å². The van der Waals surface area contributed by atoms with Crippen molar-refractivity contribution in [3.63, 3.8) is 0 Å². The van der Waals surface area contributed by atoms with Gasteiger partial charge in [-0.15, -0.1) is 0 Å². The Balaban J connectivity index is 1.21. The van der Waals surface area contributed by atoms with Gasteiger partial charge in [0, 0.05) is 73.9 Å². The highest BCUT2D eigenvalue weighted by Crippen LogP contribution is 2.24. The molecule has 0 radical (unpaired) electrons. The Kier molecular flexibility index (Phi) is 8.29. The van der Waals surface area contributed by atoms with Crippen molar-refractivity contribution in [1.82, 2.24) is 19.8 Å². The van der Waals surface area contributed by atoms with Crippen molar-refractivity contribution in [2.75, 3.05) is 36.2 Å². The predicted molar refractivity (Wildman–Crippen MR) is 159 cm³/mol. The molecule has 5 rings (SSSR count). The highest BCUT2D eigenvalue weighted by molar-refractivity contribution is 7.92. The predicted octanol–water partition coefficient (Wildman–Crippen LogP) is 3.90. The van der Waals surface area contributed by atoms with Crippen LogP contribution in [0.1, 0.15) is 17.3 Å². The minimum Gasteiger partial charge on any atom is -0.339 e. The number of aromatic nitrogens is 2. The first-order valence-corrected chi connectivity index (χ1v) is 14.7. The van der Waals surface area contributed by atoms with Crippen molar-refractivity contribution in [3.05, 3.63) is 101 Å². The molecule has 43 heavy (non-hydrogen) atoms. The van der Waals surface area contributed by atoms with E-state index in [2.05, 4.69) is 20.0 Å². The molecule has 2 heterocycles. The van der Waals surface area contributed by atoms with Crippen molar-refractivity contribution < 1.29 is 22.9 Å². The number of hydrogen-bond donors (Lipinski definition) is 2. The molecule has 0 aliphatic carbocycles. The molecule has 3 aromatic carbocycles. The lowest BCUT2D eigenvalue weighted by Crippen LogP contribution is -2.50. The first kappa shape index (κ1) is 29.1. The summed E-state index contributed by atoms with van der Waals surface area (Å²) in [6.07, 6.45) is 1.59. The average Bonchev–Trinajstić information content (AvgIpc) is 3.01. The van der Waals surface area contributed by atoms with Gasteiger partial charge in [0.15, 0.2) is 0 Å². The first-order chi connectivity index (χ1) is 20.6. The summed E-state index contributed by atoms with van der Waals surface area (Å²) in [5.41, 5.74) is 2.65. The van der Waals surface area contributed by atoms with Crippen molar-refractivity contribution in [2.45, 2.75) is 11.8 Å². The minimum absolute atomic E-state index is 0.00938. The van der Waals surface area contributed by atoms with E-state index in [1.54, 1.807) is 70.6 Å². The molecule has 14 heteroatoms. The summed E-state index contributed by atoms with van der Waals surface area (Å²) in [6, 6.07) is 19.9. The molecule has 1 fully saturated rings. The number of nitrogens with zero attached hydrogens (tertiary/aromatic N) is 5. The van der Waals surface area contributed by atoms with Crippen molar-refractivity contribution >= 4 is 44.8 Å². The topological polar surface area (TPSA) is 168 Å². The molecule has 0 spiro atoms. The lowest BCUT2D eigenvalue weighted by Gasteiger charge is -2.34. The van der Waals surface area contributed by atoms with E-state index in [-0.39, 0.29) is 22.4 Å². The third kappa shape index (κ3) is 6.93. The second-order valence-corrected chi connectivity index (χ2v) is 11.4. The molecule has 220 valence electrons. The van der Waals surface area contributed by atoms with Crippen LogP contribution in [0.2, 0.25) is 0 Å².